The highest BCUT2D eigenvalue weighted by atomic mass is 32.2. The maximum atomic E-state index is 11.6. The summed E-state index contributed by atoms with van der Waals surface area (Å²) in [5, 5.41) is 9.81. The Balaban J connectivity index is 2.37. The third-order valence-corrected chi connectivity index (χ3v) is 4.54. The molecule has 17 heavy (non-hydrogen) atoms. The van der Waals surface area contributed by atoms with Crippen LogP contribution in [0.3, 0.4) is 0 Å². The Morgan fingerprint density at radius 2 is 2.35 bits per heavy atom. The topological polar surface area (TPSA) is 96.3 Å². The van der Waals surface area contributed by atoms with Crippen molar-refractivity contribution >= 4 is 27.3 Å². The van der Waals surface area contributed by atoms with Crippen molar-refractivity contribution in [1.82, 2.24) is 4.72 Å². The van der Waals surface area contributed by atoms with Gasteiger partial charge in [-0.15, -0.1) is 11.3 Å². The smallest absolute Gasteiger partial charge is 0.308 e. The normalized spacial score (nSPS) is 10.8. The van der Waals surface area contributed by atoms with E-state index in [0.717, 1.165) is 11.3 Å². The highest BCUT2D eigenvalue weighted by Crippen LogP contribution is 2.14. The van der Waals surface area contributed by atoms with Crippen molar-refractivity contribution in [2.45, 2.75) is 10.6 Å². The molecule has 0 fully saturated rings. The van der Waals surface area contributed by atoms with Crippen LogP contribution in [0.25, 0.3) is 0 Å². The van der Waals surface area contributed by atoms with Crippen LogP contribution in [-0.2, 0) is 19.6 Å². The molecule has 0 radical (unpaired) electrons. The van der Waals surface area contributed by atoms with Gasteiger partial charge in [0.1, 0.15) is 10.3 Å². The van der Waals surface area contributed by atoms with Crippen LogP contribution in [0.1, 0.15) is 6.42 Å². The minimum atomic E-state index is -3.54. The summed E-state index contributed by atoms with van der Waals surface area (Å²) in [7, 11) is -3.54. The lowest BCUT2D eigenvalue weighted by Crippen LogP contribution is -2.26. The van der Waals surface area contributed by atoms with Gasteiger partial charge in [0.05, 0.1) is 6.42 Å². The monoisotopic (exact) mass is 274 g/mol. The molecule has 0 saturated heterocycles. The quantitative estimate of drug-likeness (QED) is 0.761. The average Bonchev–Trinajstić information content (AvgIpc) is 2.80. The van der Waals surface area contributed by atoms with Crippen molar-refractivity contribution in [3.05, 3.63) is 17.5 Å². The van der Waals surface area contributed by atoms with Crippen molar-refractivity contribution in [2.75, 3.05) is 13.2 Å². The number of esters is 1. The number of carbonyl (C=O) groups excluding carboxylic acids is 1. The van der Waals surface area contributed by atoms with Gasteiger partial charge < -0.3 is 4.74 Å². The van der Waals surface area contributed by atoms with Crippen molar-refractivity contribution in [1.29, 1.82) is 5.26 Å². The van der Waals surface area contributed by atoms with E-state index in [0.29, 0.717) is 0 Å². The van der Waals surface area contributed by atoms with Crippen LogP contribution in [-0.4, -0.2) is 27.5 Å². The van der Waals surface area contributed by atoms with Crippen LogP contribution in [0.5, 0.6) is 0 Å². The second-order valence-corrected chi connectivity index (χ2v) is 5.84. The number of carbonyl (C=O) groups is 1. The van der Waals surface area contributed by atoms with Gasteiger partial charge in [0, 0.05) is 6.54 Å². The summed E-state index contributed by atoms with van der Waals surface area (Å²) in [6, 6.07) is 4.75. The molecule has 0 aliphatic carbocycles. The molecule has 0 bridgehead atoms. The fourth-order valence-corrected chi connectivity index (χ4v) is 3.03. The molecular weight excluding hydrogens is 264 g/mol. The zero-order valence-corrected chi connectivity index (χ0v) is 10.4. The summed E-state index contributed by atoms with van der Waals surface area (Å²) >= 11 is 1.09. The second kappa shape index (κ2) is 6.34. The van der Waals surface area contributed by atoms with Crippen molar-refractivity contribution < 1.29 is 17.9 Å². The minimum Gasteiger partial charge on any atom is -0.450 e. The lowest BCUT2D eigenvalue weighted by molar-refractivity contribution is -0.142. The molecule has 1 heterocycles. The van der Waals surface area contributed by atoms with Gasteiger partial charge in [-0.2, -0.15) is 5.26 Å². The van der Waals surface area contributed by atoms with Crippen LogP contribution in [0.15, 0.2) is 21.7 Å². The molecule has 0 aromatic carbocycles. The zero-order valence-electron chi connectivity index (χ0n) is 8.75. The van der Waals surface area contributed by atoms with Gasteiger partial charge in [-0.05, 0) is 11.4 Å². The fourth-order valence-electron chi connectivity index (χ4n) is 0.960. The summed E-state index contributed by atoms with van der Waals surface area (Å²) < 4.78 is 30.1. The van der Waals surface area contributed by atoms with E-state index in [1.807, 2.05) is 0 Å². The number of nitrogens with zero attached hydrogens (tertiary/aromatic N) is 1. The Bertz CT molecular complexity index is 502. The highest BCUT2D eigenvalue weighted by molar-refractivity contribution is 7.91. The molecule has 6 nitrogen and oxygen atoms in total. The SMILES string of the molecule is N#CCOC(=O)CCNS(=O)(=O)c1cccs1. The lowest BCUT2D eigenvalue weighted by atomic mass is 10.4. The number of hydrogen-bond donors (Lipinski definition) is 1. The Morgan fingerprint density at radius 3 is 2.94 bits per heavy atom. The van der Waals surface area contributed by atoms with E-state index in [4.69, 9.17) is 5.26 Å². The number of thiophene rings is 1. The number of nitrogens with one attached hydrogen (secondary N) is 1. The Labute approximate surface area is 103 Å². The van der Waals surface area contributed by atoms with E-state index in [1.54, 1.807) is 17.5 Å². The number of rotatable bonds is 6. The Hall–Kier alpha value is -1.43. The largest absolute Gasteiger partial charge is 0.450 e. The first-order chi connectivity index (χ1) is 8.06. The van der Waals surface area contributed by atoms with Crippen molar-refractivity contribution in [3.8, 4) is 6.07 Å². The predicted octanol–water partition coefficient (Wildman–Crippen LogP) is 0.483. The molecule has 0 aliphatic rings. The molecule has 92 valence electrons. The number of nitriles is 1. The van der Waals surface area contributed by atoms with Gasteiger partial charge in [0.25, 0.3) is 0 Å². The van der Waals surface area contributed by atoms with Gasteiger partial charge in [-0.25, -0.2) is 13.1 Å². The van der Waals surface area contributed by atoms with Crippen LogP contribution in [0, 0.1) is 11.3 Å². The van der Waals surface area contributed by atoms with Crippen LogP contribution in [0.2, 0.25) is 0 Å². The van der Waals surface area contributed by atoms with Gasteiger partial charge in [0.2, 0.25) is 10.0 Å². The van der Waals surface area contributed by atoms with Crippen molar-refractivity contribution in [3.63, 3.8) is 0 Å². The first-order valence-corrected chi connectivity index (χ1v) is 6.98. The van der Waals surface area contributed by atoms with Crippen molar-refractivity contribution in [2.24, 2.45) is 0 Å². The first kappa shape index (κ1) is 13.6. The molecular formula is C9H10N2O4S2. The van der Waals surface area contributed by atoms with E-state index in [1.165, 1.54) is 6.07 Å². The summed E-state index contributed by atoms with van der Waals surface area (Å²) in [5.74, 6) is -0.611. The second-order valence-electron chi connectivity index (χ2n) is 2.90. The third kappa shape index (κ3) is 4.52. The number of hydrogen-bond acceptors (Lipinski definition) is 6. The molecule has 1 N–H and O–H groups in total. The Morgan fingerprint density at radius 1 is 1.59 bits per heavy atom. The summed E-state index contributed by atoms with van der Waals surface area (Å²) in [5.41, 5.74) is 0. The molecule has 0 aliphatic heterocycles. The molecule has 0 amide bonds. The third-order valence-electron chi connectivity index (χ3n) is 1.68. The molecule has 1 aromatic heterocycles. The standard InChI is InChI=1S/C9H10N2O4S2/c10-4-6-15-8(12)3-5-11-17(13,14)9-2-1-7-16-9/h1-2,7,11H,3,5-6H2. The van der Waals surface area contributed by atoms with Crippen LogP contribution in [0.4, 0.5) is 0 Å². The van der Waals surface area contributed by atoms with E-state index in [9.17, 15) is 13.2 Å². The van der Waals surface area contributed by atoms with Gasteiger partial charge in [-0.1, -0.05) is 6.07 Å². The van der Waals surface area contributed by atoms with E-state index in [-0.39, 0.29) is 23.8 Å². The predicted molar refractivity (Wildman–Crippen MR) is 60.7 cm³/mol. The van der Waals surface area contributed by atoms with Gasteiger partial charge in [0.15, 0.2) is 6.61 Å². The molecule has 0 saturated carbocycles. The van der Waals surface area contributed by atoms with Gasteiger partial charge >= 0.3 is 5.97 Å². The fraction of sp³-hybridized carbons (Fsp3) is 0.333. The maximum absolute atomic E-state index is 11.6. The molecule has 0 spiro atoms. The molecule has 8 heteroatoms. The summed E-state index contributed by atoms with van der Waals surface area (Å²) in [6.45, 7) is -0.374. The molecule has 0 atom stereocenters. The first-order valence-electron chi connectivity index (χ1n) is 4.62. The number of ether oxygens (including phenoxy) is 1. The van der Waals surface area contributed by atoms with E-state index in [2.05, 4.69) is 9.46 Å². The maximum Gasteiger partial charge on any atom is 0.308 e. The highest BCUT2D eigenvalue weighted by Gasteiger charge is 2.14. The molecule has 1 rings (SSSR count). The summed E-state index contributed by atoms with van der Waals surface area (Å²) in [6.07, 6.45) is -0.105. The molecule has 1 aromatic rings. The van der Waals surface area contributed by atoms with Crippen LogP contribution < -0.4 is 4.72 Å². The van der Waals surface area contributed by atoms with Gasteiger partial charge in [-0.3, -0.25) is 4.79 Å². The zero-order chi connectivity index (χ0) is 12.7. The average molecular weight is 274 g/mol. The van der Waals surface area contributed by atoms with Crippen LogP contribution >= 0.6 is 11.3 Å². The van der Waals surface area contributed by atoms with E-state index < -0.39 is 16.0 Å². The minimum absolute atomic E-state index is 0.0511. The molecule has 0 unspecified atom stereocenters. The lowest BCUT2D eigenvalue weighted by Gasteiger charge is -2.03. The van der Waals surface area contributed by atoms with E-state index >= 15 is 0 Å². The number of sulfonamides is 1. The Kier molecular flexibility index (Phi) is 5.09. The summed E-state index contributed by atoms with van der Waals surface area (Å²) in [4.78, 5) is 11.0.